The zero-order valence-electron chi connectivity index (χ0n) is 11.4. The second-order valence-corrected chi connectivity index (χ2v) is 7.52. The summed E-state index contributed by atoms with van der Waals surface area (Å²) in [5.41, 5.74) is 0.812. The van der Waals surface area contributed by atoms with Crippen molar-refractivity contribution >= 4 is 33.4 Å². The van der Waals surface area contributed by atoms with E-state index in [0.29, 0.717) is 15.6 Å². The van der Waals surface area contributed by atoms with Gasteiger partial charge in [0.1, 0.15) is 4.88 Å². The number of rotatable bonds is 4. The SMILES string of the molecule is CC(C)c1nnsc1C(=O)NCC1CCC(Br)CC1. The van der Waals surface area contributed by atoms with Gasteiger partial charge in [-0.2, -0.15) is 0 Å². The number of aromatic nitrogens is 2. The zero-order valence-corrected chi connectivity index (χ0v) is 13.8. The summed E-state index contributed by atoms with van der Waals surface area (Å²) in [5, 5.41) is 7.08. The molecule has 1 aromatic rings. The number of carbonyl (C=O) groups is 1. The summed E-state index contributed by atoms with van der Waals surface area (Å²) >= 11 is 4.84. The van der Waals surface area contributed by atoms with Crippen molar-refractivity contribution in [3.8, 4) is 0 Å². The van der Waals surface area contributed by atoms with Gasteiger partial charge in [0, 0.05) is 11.4 Å². The minimum Gasteiger partial charge on any atom is -0.351 e. The van der Waals surface area contributed by atoms with Gasteiger partial charge in [0.15, 0.2) is 0 Å². The fourth-order valence-electron chi connectivity index (χ4n) is 2.38. The summed E-state index contributed by atoms with van der Waals surface area (Å²) in [6.07, 6.45) is 4.79. The van der Waals surface area contributed by atoms with Gasteiger partial charge >= 0.3 is 0 Å². The Morgan fingerprint density at radius 1 is 1.42 bits per heavy atom. The molecule has 1 aliphatic rings. The Bertz CT molecular complexity index is 427. The van der Waals surface area contributed by atoms with Crippen molar-refractivity contribution in [2.75, 3.05) is 6.54 Å². The lowest BCUT2D eigenvalue weighted by Crippen LogP contribution is -2.31. The van der Waals surface area contributed by atoms with Gasteiger partial charge < -0.3 is 5.32 Å². The summed E-state index contributed by atoms with van der Waals surface area (Å²) in [4.78, 5) is 13.5. The topological polar surface area (TPSA) is 54.9 Å². The molecule has 1 N–H and O–H groups in total. The van der Waals surface area contributed by atoms with E-state index in [1.807, 2.05) is 13.8 Å². The summed E-state index contributed by atoms with van der Waals surface area (Å²) < 4.78 is 3.89. The van der Waals surface area contributed by atoms with E-state index < -0.39 is 0 Å². The van der Waals surface area contributed by atoms with Gasteiger partial charge in [-0.1, -0.05) is 34.3 Å². The molecule has 4 nitrogen and oxygen atoms in total. The highest BCUT2D eigenvalue weighted by atomic mass is 79.9. The van der Waals surface area contributed by atoms with Gasteiger partial charge in [-0.05, 0) is 49.1 Å². The van der Waals surface area contributed by atoms with Gasteiger partial charge in [0.25, 0.3) is 5.91 Å². The molecule has 0 aromatic carbocycles. The molecule has 2 rings (SSSR count). The van der Waals surface area contributed by atoms with Crippen LogP contribution in [0.4, 0.5) is 0 Å². The summed E-state index contributed by atoms with van der Waals surface area (Å²) in [7, 11) is 0. The minimum atomic E-state index is -0.0142. The Hall–Kier alpha value is -0.490. The Balaban J connectivity index is 1.86. The smallest absolute Gasteiger partial charge is 0.264 e. The Morgan fingerprint density at radius 3 is 2.74 bits per heavy atom. The van der Waals surface area contributed by atoms with E-state index in [2.05, 4.69) is 30.8 Å². The molecule has 0 radical (unpaired) electrons. The van der Waals surface area contributed by atoms with E-state index in [1.165, 1.54) is 37.2 Å². The number of amides is 1. The number of hydrogen-bond donors (Lipinski definition) is 1. The lowest BCUT2D eigenvalue weighted by molar-refractivity contribution is 0.0946. The van der Waals surface area contributed by atoms with E-state index >= 15 is 0 Å². The normalized spacial score (nSPS) is 23.6. The summed E-state index contributed by atoms with van der Waals surface area (Å²) in [5.74, 6) is 0.837. The van der Waals surface area contributed by atoms with Crippen molar-refractivity contribution in [2.45, 2.75) is 50.3 Å². The minimum absolute atomic E-state index is 0.0142. The van der Waals surface area contributed by atoms with Crippen LogP contribution >= 0.6 is 27.5 Å². The molecule has 1 heterocycles. The molecule has 1 fully saturated rings. The van der Waals surface area contributed by atoms with Crippen LogP contribution < -0.4 is 5.32 Å². The molecule has 1 saturated carbocycles. The predicted molar refractivity (Wildman–Crippen MR) is 81.0 cm³/mol. The van der Waals surface area contributed by atoms with Crippen LogP contribution in [0.25, 0.3) is 0 Å². The van der Waals surface area contributed by atoms with Gasteiger partial charge in [0.05, 0.1) is 5.69 Å². The fourth-order valence-corrected chi connectivity index (χ4v) is 3.64. The molecule has 106 valence electrons. The molecule has 0 saturated heterocycles. The first-order chi connectivity index (χ1) is 9.08. The van der Waals surface area contributed by atoms with Crippen molar-refractivity contribution in [1.29, 1.82) is 0 Å². The Labute approximate surface area is 126 Å². The first-order valence-electron chi connectivity index (χ1n) is 6.82. The third-order valence-electron chi connectivity index (χ3n) is 3.59. The van der Waals surface area contributed by atoms with E-state index in [1.54, 1.807) is 0 Å². The number of nitrogens with one attached hydrogen (secondary N) is 1. The molecule has 0 unspecified atom stereocenters. The Morgan fingerprint density at radius 2 is 2.11 bits per heavy atom. The van der Waals surface area contributed by atoms with Gasteiger partial charge in [0.2, 0.25) is 0 Å². The van der Waals surface area contributed by atoms with Crippen LogP contribution in [0.1, 0.15) is 60.8 Å². The van der Waals surface area contributed by atoms with Crippen molar-refractivity contribution in [1.82, 2.24) is 14.9 Å². The second-order valence-electron chi connectivity index (χ2n) is 5.47. The number of alkyl halides is 1. The van der Waals surface area contributed by atoms with Crippen molar-refractivity contribution in [3.63, 3.8) is 0 Å². The maximum Gasteiger partial charge on any atom is 0.264 e. The van der Waals surface area contributed by atoms with Crippen molar-refractivity contribution < 1.29 is 4.79 Å². The monoisotopic (exact) mass is 345 g/mol. The molecule has 0 bridgehead atoms. The summed E-state index contributed by atoms with van der Waals surface area (Å²) in [6, 6.07) is 0. The number of hydrogen-bond acceptors (Lipinski definition) is 4. The molecule has 0 spiro atoms. The van der Waals surface area contributed by atoms with Crippen molar-refractivity contribution in [2.24, 2.45) is 5.92 Å². The molecule has 1 aromatic heterocycles. The molecule has 1 aliphatic carbocycles. The molecular weight excluding hydrogens is 326 g/mol. The molecule has 0 aliphatic heterocycles. The van der Waals surface area contributed by atoms with Gasteiger partial charge in [-0.3, -0.25) is 4.79 Å². The van der Waals surface area contributed by atoms with Crippen LogP contribution in [0.2, 0.25) is 0 Å². The maximum atomic E-state index is 12.1. The molecular formula is C13H20BrN3OS. The van der Waals surface area contributed by atoms with Gasteiger partial charge in [-0.25, -0.2) is 0 Å². The third-order valence-corrected chi connectivity index (χ3v) is 5.25. The standard InChI is InChI=1S/C13H20BrN3OS/c1-8(2)11-12(19-17-16-11)13(18)15-7-9-3-5-10(14)6-4-9/h8-10H,3-7H2,1-2H3,(H,15,18). The molecule has 0 atom stereocenters. The summed E-state index contributed by atoms with van der Waals surface area (Å²) in [6.45, 7) is 4.84. The highest BCUT2D eigenvalue weighted by Gasteiger charge is 2.22. The average molecular weight is 346 g/mol. The Kier molecular flexibility index (Phi) is 5.33. The number of halogens is 1. The van der Waals surface area contributed by atoms with Crippen LogP contribution in [0.15, 0.2) is 0 Å². The molecule has 1 amide bonds. The first kappa shape index (κ1) is 14.9. The number of nitrogens with zero attached hydrogens (tertiary/aromatic N) is 2. The van der Waals surface area contributed by atoms with Crippen LogP contribution in [-0.2, 0) is 0 Å². The molecule has 19 heavy (non-hydrogen) atoms. The highest BCUT2D eigenvalue weighted by molar-refractivity contribution is 9.09. The lowest BCUT2D eigenvalue weighted by atomic mass is 9.89. The second kappa shape index (κ2) is 6.79. The van der Waals surface area contributed by atoms with Gasteiger partial charge in [-0.15, -0.1) is 5.10 Å². The van der Waals surface area contributed by atoms with E-state index in [-0.39, 0.29) is 11.8 Å². The largest absolute Gasteiger partial charge is 0.351 e. The number of carbonyl (C=O) groups excluding carboxylic acids is 1. The quantitative estimate of drug-likeness (QED) is 0.851. The average Bonchev–Trinajstić information content (AvgIpc) is 2.87. The van der Waals surface area contributed by atoms with Crippen LogP contribution in [0, 0.1) is 5.92 Å². The predicted octanol–water partition coefficient (Wildman–Crippen LogP) is 3.35. The van der Waals surface area contributed by atoms with Crippen LogP contribution in [0.3, 0.4) is 0 Å². The first-order valence-corrected chi connectivity index (χ1v) is 8.51. The lowest BCUT2D eigenvalue weighted by Gasteiger charge is -2.25. The van der Waals surface area contributed by atoms with Crippen LogP contribution in [-0.4, -0.2) is 26.9 Å². The maximum absolute atomic E-state index is 12.1. The van der Waals surface area contributed by atoms with E-state index in [0.717, 1.165) is 12.2 Å². The fraction of sp³-hybridized carbons (Fsp3) is 0.769. The van der Waals surface area contributed by atoms with E-state index in [4.69, 9.17) is 0 Å². The van der Waals surface area contributed by atoms with Crippen molar-refractivity contribution in [3.05, 3.63) is 10.6 Å². The third kappa shape index (κ3) is 3.99. The zero-order chi connectivity index (χ0) is 13.8. The van der Waals surface area contributed by atoms with E-state index in [9.17, 15) is 4.79 Å². The highest BCUT2D eigenvalue weighted by Crippen LogP contribution is 2.28. The van der Waals surface area contributed by atoms with Crippen LogP contribution in [0.5, 0.6) is 0 Å². The molecule has 6 heteroatoms.